The number of aryl methyl sites for hydroxylation is 2. The van der Waals surface area contributed by atoms with Gasteiger partial charge in [-0.05, 0) is 42.6 Å². The van der Waals surface area contributed by atoms with Gasteiger partial charge in [0.1, 0.15) is 0 Å². The van der Waals surface area contributed by atoms with E-state index >= 15 is 0 Å². The number of hydrogen-bond acceptors (Lipinski definition) is 3. The Morgan fingerprint density at radius 3 is 2.85 bits per heavy atom. The Labute approximate surface area is 81.0 Å². The Morgan fingerprint density at radius 1 is 1.38 bits per heavy atom. The van der Waals surface area contributed by atoms with Crippen LogP contribution < -0.4 is 0 Å². The van der Waals surface area contributed by atoms with Gasteiger partial charge in [0, 0.05) is 5.39 Å². The zero-order valence-electron chi connectivity index (χ0n) is 7.66. The first-order valence-corrected chi connectivity index (χ1v) is 4.96. The third-order valence-corrected chi connectivity index (χ3v) is 2.98. The second-order valence-electron chi connectivity index (χ2n) is 3.24. The first kappa shape index (κ1) is 8.66. The lowest BCUT2D eigenvalue weighted by Gasteiger charge is -1.99. The maximum atomic E-state index is 9.09. The van der Waals surface area contributed by atoms with Crippen molar-refractivity contribution < 1.29 is 5.11 Å². The number of nitrogens with zero attached hydrogens (tertiary/aromatic N) is 1. The van der Waals surface area contributed by atoms with Crippen molar-refractivity contribution in [1.29, 1.82) is 0 Å². The average molecular weight is 193 g/mol. The Balaban J connectivity index is 2.82. The summed E-state index contributed by atoms with van der Waals surface area (Å²) in [6, 6.07) is 4.17. The number of fused-ring (bicyclic) bond motifs is 1. The van der Waals surface area contributed by atoms with Crippen LogP contribution in [0.2, 0.25) is 0 Å². The molecule has 0 radical (unpaired) electrons. The molecule has 0 saturated carbocycles. The first-order chi connectivity index (χ1) is 6.22. The summed E-state index contributed by atoms with van der Waals surface area (Å²) in [6.07, 6.45) is 0. The summed E-state index contributed by atoms with van der Waals surface area (Å²) >= 11 is 1.39. The zero-order chi connectivity index (χ0) is 9.42. The van der Waals surface area contributed by atoms with Gasteiger partial charge >= 0.3 is 0 Å². The van der Waals surface area contributed by atoms with E-state index in [4.69, 9.17) is 5.11 Å². The minimum atomic E-state index is 0.0884. The van der Waals surface area contributed by atoms with Gasteiger partial charge in [0.15, 0.2) is 0 Å². The number of rotatable bonds is 1. The topological polar surface area (TPSA) is 33.1 Å². The van der Waals surface area contributed by atoms with Crippen molar-refractivity contribution in [1.82, 2.24) is 4.37 Å². The molecule has 0 aliphatic rings. The van der Waals surface area contributed by atoms with Crippen molar-refractivity contribution in [3.05, 3.63) is 28.1 Å². The van der Waals surface area contributed by atoms with E-state index in [1.807, 2.05) is 0 Å². The van der Waals surface area contributed by atoms with Crippen molar-refractivity contribution in [3.63, 3.8) is 0 Å². The van der Waals surface area contributed by atoms with E-state index in [1.165, 1.54) is 22.7 Å². The van der Waals surface area contributed by atoms with E-state index < -0.39 is 0 Å². The first-order valence-electron chi connectivity index (χ1n) is 4.18. The molecule has 0 saturated heterocycles. The van der Waals surface area contributed by atoms with Crippen LogP contribution in [-0.4, -0.2) is 9.48 Å². The molecule has 0 amide bonds. The molecule has 2 aromatic rings. The molecule has 2 nitrogen and oxygen atoms in total. The third kappa shape index (κ3) is 1.34. The fourth-order valence-electron chi connectivity index (χ4n) is 1.64. The van der Waals surface area contributed by atoms with E-state index in [2.05, 4.69) is 30.4 Å². The van der Waals surface area contributed by atoms with Gasteiger partial charge in [0.25, 0.3) is 0 Å². The molecule has 0 spiro atoms. The van der Waals surface area contributed by atoms with E-state index in [0.29, 0.717) is 0 Å². The zero-order valence-corrected chi connectivity index (χ0v) is 8.48. The van der Waals surface area contributed by atoms with Crippen LogP contribution in [0, 0.1) is 13.8 Å². The molecule has 0 aliphatic heterocycles. The molecule has 3 heteroatoms. The normalized spacial score (nSPS) is 11.0. The highest BCUT2D eigenvalue weighted by atomic mass is 32.1. The molecule has 1 N–H and O–H groups in total. The molecule has 0 aliphatic carbocycles. The number of aromatic nitrogens is 1. The Kier molecular flexibility index (Phi) is 2.06. The quantitative estimate of drug-likeness (QED) is 0.754. The van der Waals surface area contributed by atoms with Gasteiger partial charge in [0.2, 0.25) is 0 Å². The summed E-state index contributed by atoms with van der Waals surface area (Å²) in [7, 11) is 0. The molecule has 0 atom stereocenters. The van der Waals surface area contributed by atoms with Gasteiger partial charge in [-0.15, -0.1) is 0 Å². The van der Waals surface area contributed by atoms with Crippen molar-refractivity contribution in [2.75, 3.05) is 0 Å². The van der Waals surface area contributed by atoms with Gasteiger partial charge in [-0.2, -0.15) is 4.37 Å². The van der Waals surface area contributed by atoms with Gasteiger partial charge in [-0.25, -0.2) is 0 Å². The van der Waals surface area contributed by atoms with Crippen LogP contribution in [0.5, 0.6) is 0 Å². The third-order valence-electron chi connectivity index (χ3n) is 2.14. The average Bonchev–Trinajstić information content (AvgIpc) is 2.47. The summed E-state index contributed by atoms with van der Waals surface area (Å²) in [4.78, 5) is 0.965. The lowest BCUT2D eigenvalue weighted by atomic mass is 10.1. The second-order valence-corrected chi connectivity index (χ2v) is 4.10. The summed E-state index contributed by atoms with van der Waals surface area (Å²) in [5, 5.41) is 10.2. The van der Waals surface area contributed by atoms with Crippen LogP contribution in [-0.2, 0) is 6.61 Å². The minimum absolute atomic E-state index is 0.0884. The number of benzene rings is 1. The van der Waals surface area contributed by atoms with E-state index in [-0.39, 0.29) is 6.61 Å². The molecule has 0 bridgehead atoms. The van der Waals surface area contributed by atoms with Crippen LogP contribution in [0.25, 0.3) is 10.9 Å². The monoisotopic (exact) mass is 193 g/mol. The Bertz CT molecular complexity index is 447. The van der Waals surface area contributed by atoms with Crippen molar-refractivity contribution in [2.45, 2.75) is 20.5 Å². The molecule has 0 unspecified atom stereocenters. The van der Waals surface area contributed by atoms with E-state index in [0.717, 1.165) is 15.8 Å². The number of aliphatic hydroxyl groups is 1. The highest BCUT2D eigenvalue weighted by molar-refractivity contribution is 7.07. The van der Waals surface area contributed by atoms with Crippen LogP contribution in [0.15, 0.2) is 12.1 Å². The molecule has 1 aromatic heterocycles. The largest absolute Gasteiger partial charge is 0.391 e. The summed E-state index contributed by atoms with van der Waals surface area (Å²) in [5.41, 5.74) is 3.43. The highest BCUT2D eigenvalue weighted by Crippen LogP contribution is 2.26. The molecular formula is C10H11NOS. The predicted molar refractivity (Wildman–Crippen MR) is 55.0 cm³/mol. The summed E-state index contributed by atoms with van der Waals surface area (Å²) in [5.74, 6) is 0. The van der Waals surface area contributed by atoms with E-state index in [9.17, 15) is 0 Å². The maximum Gasteiger partial charge on any atom is 0.0849 e. The fourth-order valence-corrected chi connectivity index (χ4v) is 2.40. The molecule has 0 fully saturated rings. The lowest BCUT2D eigenvalue weighted by molar-refractivity contribution is 0.287. The Hall–Kier alpha value is -0.930. The number of aliphatic hydroxyl groups excluding tert-OH is 1. The minimum Gasteiger partial charge on any atom is -0.391 e. The van der Waals surface area contributed by atoms with Crippen molar-refractivity contribution in [3.8, 4) is 0 Å². The lowest BCUT2D eigenvalue weighted by Crippen LogP contribution is -1.83. The maximum absolute atomic E-state index is 9.09. The summed E-state index contributed by atoms with van der Waals surface area (Å²) in [6.45, 7) is 4.21. The van der Waals surface area contributed by atoms with Crippen LogP contribution in [0.4, 0.5) is 0 Å². The Morgan fingerprint density at radius 2 is 2.15 bits per heavy atom. The molecule has 68 valence electrons. The van der Waals surface area contributed by atoms with Crippen LogP contribution >= 0.6 is 11.5 Å². The molecular weight excluding hydrogens is 182 g/mol. The highest BCUT2D eigenvalue weighted by Gasteiger charge is 2.07. The molecule has 13 heavy (non-hydrogen) atoms. The smallest absolute Gasteiger partial charge is 0.0849 e. The fraction of sp³-hybridized carbons (Fsp3) is 0.300. The van der Waals surface area contributed by atoms with Gasteiger partial charge < -0.3 is 5.11 Å². The second kappa shape index (κ2) is 3.09. The molecule has 2 rings (SSSR count). The van der Waals surface area contributed by atoms with E-state index in [1.54, 1.807) is 0 Å². The molecule has 1 aromatic carbocycles. The van der Waals surface area contributed by atoms with Crippen LogP contribution in [0.3, 0.4) is 0 Å². The summed E-state index contributed by atoms with van der Waals surface area (Å²) < 4.78 is 4.29. The van der Waals surface area contributed by atoms with Gasteiger partial charge in [-0.3, -0.25) is 0 Å². The standard InChI is InChI=1S/C10H11NOS/c1-6-3-7(2)10-8(4-6)11-13-9(10)5-12/h3-4,12H,5H2,1-2H3. The SMILES string of the molecule is Cc1cc(C)c2c(CO)snc2c1. The number of hydrogen-bond donors (Lipinski definition) is 1. The van der Waals surface area contributed by atoms with Gasteiger partial charge in [-0.1, -0.05) is 6.07 Å². The van der Waals surface area contributed by atoms with Crippen molar-refractivity contribution in [2.24, 2.45) is 0 Å². The van der Waals surface area contributed by atoms with Crippen molar-refractivity contribution >= 4 is 22.4 Å². The molecule has 1 heterocycles. The van der Waals surface area contributed by atoms with Crippen LogP contribution in [0.1, 0.15) is 16.0 Å². The predicted octanol–water partition coefficient (Wildman–Crippen LogP) is 2.41. The van der Waals surface area contributed by atoms with Gasteiger partial charge in [0.05, 0.1) is 17.0 Å².